The van der Waals surface area contributed by atoms with Crippen LogP contribution in [0.2, 0.25) is 0 Å². The fraction of sp³-hybridized carbons (Fsp3) is 0.538. The smallest absolute Gasteiger partial charge is 0.0230 e. The maximum Gasteiger partial charge on any atom is 0.0230 e. The van der Waals surface area contributed by atoms with Crippen LogP contribution in [0.5, 0.6) is 0 Å². The fourth-order valence-electron chi connectivity index (χ4n) is 1.83. The number of halogens is 1. The second-order valence-corrected chi connectivity index (χ2v) is 4.85. The van der Waals surface area contributed by atoms with Crippen molar-refractivity contribution in [1.82, 2.24) is 4.90 Å². The number of likely N-dealkylation sites (tertiary alicyclic amines) is 1. The first-order valence-electron chi connectivity index (χ1n) is 5.63. The highest BCUT2D eigenvalue weighted by molar-refractivity contribution is 9.11. The molecule has 1 aliphatic rings. The van der Waals surface area contributed by atoms with E-state index in [1.54, 1.807) is 0 Å². The van der Waals surface area contributed by atoms with E-state index in [1.807, 2.05) is 6.08 Å². The van der Waals surface area contributed by atoms with Gasteiger partial charge in [0, 0.05) is 11.0 Å². The number of hydrogen-bond donors (Lipinski definition) is 0. The van der Waals surface area contributed by atoms with Crippen LogP contribution >= 0.6 is 15.9 Å². The van der Waals surface area contributed by atoms with Crippen LogP contribution in [0.25, 0.3) is 0 Å². The summed E-state index contributed by atoms with van der Waals surface area (Å²) >= 11 is 3.47. The van der Waals surface area contributed by atoms with Gasteiger partial charge in [0.05, 0.1) is 0 Å². The van der Waals surface area contributed by atoms with Gasteiger partial charge >= 0.3 is 0 Å². The minimum absolute atomic E-state index is 1.06. The molecule has 0 atom stereocenters. The standard InChI is InChI=1S/C13H20BrN/c1-3-12(10-13(14)4-2)11-15-8-6-5-7-9-15/h3-4,10H,2,5-9,11H2,1H3/b12-3+,13-10+. The number of rotatable bonds is 4. The summed E-state index contributed by atoms with van der Waals surface area (Å²) in [5.74, 6) is 0. The van der Waals surface area contributed by atoms with Gasteiger partial charge < -0.3 is 0 Å². The molecule has 15 heavy (non-hydrogen) atoms. The van der Waals surface area contributed by atoms with Crippen molar-refractivity contribution in [3.8, 4) is 0 Å². The highest BCUT2D eigenvalue weighted by Crippen LogP contribution is 2.14. The van der Waals surface area contributed by atoms with E-state index in [0.29, 0.717) is 0 Å². The van der Waals surface area contributed by atoms with E-state index >= 15 is 0 Å². The minimum Gasteiger partial charge on any atom is -0.299 e. The lowest BCUT2D eigenvalue weighted by molar-refractivity contribution is 0.248. The topological polar surface area (TPSA) is 3.24 Å². The van der Waals surface area contributed by atoms with Crippen LogP contribution in [0.4, 0.5) is 0 Å². The lowest BCUT2D eigenvalue weighted by Gasteiger charge is -2.26. The van der Waals surface area contributed by atoms with Crippen LogP contribution < -0.4 is 0 Å². The molecule has 1 saturated heterocycles. The van der Waals surface area contributed by atoms with E-state index in [9.17, 15) is 0 Å². The second kappa shape index (κ2) is 7.02. The highest BCUT2D eigenvalue weighted by Gasteiger charge is 2.10. The van der Waals surface area contributed by atoms with Crippen LogP contribution in [0.3, 0.4) is 0 Å². The predicted octanol–water partition coefficient (Wildman–Crippen LogP) is 3.88. The first-order chi connectivity index (χ1) is 7.26. The molecule has 0 spiro atoms. The summed E-state index contributed by atoms with van der Waals surface area (Å²) in [6.07, 6.45) is 10.3. The van der Waals surface area contributed by atoms with Crippen molar-refractivity contribution in [3.63, 3.8) is 0 Å². The molecule has 1 aliphatic heterocycles. The van der Waals surface area contributed by atoms with Gasteiger partial charge in [-0.25, -0.2) is 0 Å². The first kappa shape index (κ1) is 12.7. The van der Waals surface area contributed by atoms with E-state index in [2.05, 4.69) is 46.5 Å². The molecule has 0 aromatic rings. The predicted molar refractivity (Wildman–Crippen MR) is 71.3 cm³/mol. The molecule has 1 rings (SSSR count). The largest absolute Gasteiger partial charge is 0.299 e. The number of nitrogens with zero attached hydrogens (tertiary/aromatic N) is 1. The number of piperidine rings is 1. The summed E-state index contributed by atoms with van der Waals surface area (Å²) in [6.45, 7) is 9.40. The average molecular weight is 270 g/mol. The van der Waals surface area contributed by atoms with Crippen molar-refractivity contribution in [2.45, 2.75) is 26.2 Å². The zero-order valence-electron chi connectivity index (χ0n) is 9.51. The Balaban J connectivity index is 2.49. The highest BCUT2D eigenvalue weighted by atomic mass is 79.9. The van der Waals surface area contributed by atoms with E-state index < -0.39 is 0 Å². The Morgan fingerprint density at radius 2 is 2.00 bits per heavy atom. The Kier molecular flexibility index (Phi) is 5.96. The van der Waals surface area contributed by atoms with Crippen molar-refractivity contribution in [2.75, 3.05) is 19.6 Å². The molecule has 0 radical (unpaired) electrons. The molecule has 0 amide bonds. The zero-order chi connectivity index (χ0) is 11.1. The van der Waals surface area contributed by atoms with Gasteiger partial charge in [-0.2, -0.15) is 0 Å². The van der Waals surface area contributed by atoms with Crippen LogP contribution in [0, 0.1) is 0 Å². The van der Waals surface area contributed by atoms with Gasteiger partial charge in [-0.3, -0.25) is 4.90 Å². The molecular formula is C13H20BrN. The Hall–Kier alpha value is -0.340. The molecule has 1 fully saturated rings. The van der Waals surface area contributed by atoms with Gasteiger partial charge in [0.1, 0.15) is 0 Å². The van der Waals surface area contributed by atoms with Gasteiger partial charge in [-0.15, -0.1) is 0 Å². The summed E-state index contributed by atoms with van der Waals surface area (Å²) in [6, 6.07) is 0. The number of hydrogen-bond acceptors (Lipinski definition) is 1. The minimum atomic E-state index is 1.06. The molecule has 84 valence electrons. The van der Waals surface area contributed by atoms with Crippen molar-refractivity contribution in [2.24, 2.45) is 0 Å². The van der Waals surface area contributed by atoms with E-state index in [-0.39, 0.29) is 0 Å². The fourth-order valence-corrected chi connectivity index (χ4v) is 2.13. The summed E-state index contributed by atoms with van der Waals surface area (Å²) < 4.78 is 1.06. The Morgan fingerprint density at radius 3 is 2.53 bits per heavy atom. The molecule has 0 aromatic carbocycles. The van der Waals surface area contributed by atoms with Crippen molar-refractivity contribution >= 4 is 15.9 Å². The van der Waals surface area contributed by atoms with Crippen LogP contribution in [0.15, 0.2) is 34.9 Å². The molecule has 0 saturated carbocycles. The van der Waals surface area contributed by atoms with Crippen LogP contribution in [-0.2, 0) is 0 Å². The third-order valence-corrected chi connectivity index (χ3v) is 3.30. The lowest BCUT2D eigenvalue weighted by atomic mass is 10.1. The van der Waals surface area contributed by atoms with Crippen LogP contribution in [-0.4, -0.2) is 24.5 Å². The SMILES string of the molecule is C=C/C(Br)=C\C(=C/C)CN1CCCCC1. The average Bonchev–Trinajstić information content (AvgIpc) is 2.29. The van der Waals surface area contributed by atoms with Gasteiger partial charge in [-0.05, 0) is 44.5 Å². The summed E-state index contributed by atoms with van der Waals surface area (Å²) in [5.41, 5.74) is 1.36. The Labute approximate surface area is 102 Å². The molecular weight excluding hydrogens is 250 g/mol. The molecule has 0 unspecified atom stereocenters. The normalized spacial score (nSPS) is 20.4. The lowest BCUT2D eigenvalue weighted by Crippen LogP contribution is -2.31. The van der Waals surface area contributed by atoms with Gasteiger partial charge in [0.25, 0.3) is 0 Å². The van der Waals surface area contributed by atoms with Crippen molar-refractivity contribution in [3.05, 3.63) is 34.9 Å². The molecule has 2 heteroatoms. The third-order valence-electron chi connectivity index (χ3n) is 2.74. The van der Waals surface area contributed by atoms with Gasteiger partial charge in [-0.1, -0.05) is 41.1 Å². The quantitative estimate of drug-likeness (QED) is 0.701. The molecule has 1 nitrogen and oxygen atoms in total. The maximum absolute atomic E-state index is 3.74. The number of allylic oxidation sites excluding steroid dienone is 3. The van der Waals surface area contributed by atoms with E-state index in [1.165, 1.54) is 37.9 Å². The summed E-state index contributed by atoms with van der Waals surface area (Å²) in [4.78, 5) is 2.53. The maximum atomic E-state index is 3.74. The molecule has 0 bridgehead atoms. The Morgan fingerprint density at radius 1 is 1.33 bits per heavy atom. The molecule has 0 aromatic heterocycles. The summed E-state index contributed by atoms with van der Waals surface area (Å²) in [5, 5.41) is 0. The van der Waals surface area contributed by atoms with E-state index in [4.69, 9.17) is 0 Å². The van der Waals surface area contributed by atoms with Gasteiger partial charge in [0.2, 0.25) is 0 Å². The zero-order valence-corrected chi connectivity index (χ0v) is 11.1. The second-order valence-electron chi connectivity index (χ2n) is 3.93. The molecule has 0 aliphatic carbocycles. The van der Waals surface area contributed by atoms with Crippen molar-refractivity contribution < 1.29 is 0 Å². The van der Waals surface area contributed by atoms with Crippen LogP contribution in [0.1, 0.15) is 26.2 Å². The van der Waals surface area contributed by atoms with Gasteiger partial charge in [0.15, 0.2) is 0 Å². The van der Waals surface area contributed by atoms with Crippen molar-refractivity contribution in [1.29, 1.82) is 0 Å². The first-order valence-corrected chi connectivity index (χ1v) is 6.42. The Bertz CT molecular complexity index is 260. The molecule has 0 N–H and O–H groups in total. The molecule has 1 heterocycles. The van der Waals surface area contributed by atoms with E-state index in [0.717, 1.165) is 11.0 Å². The summed E-state index contributed by atoms with van der Waals surface area (Å²) in [7, 11) is 0. The third kappa shape index (κ3) is 4.80. The monoisotopic (exact) mass is 269 g/mol.